The summed E-state index contributed by atoms with van der Waals surface area (Å²) in [6, 6.07) is -0.201. The largest absolute Gasteiger partial charge is 0.461 e. The summed E-state index contributed by atoms with van der Waals surface area (Å²) in [6.07, 6.45) is 0. The number of esters is 1. The van der Waals surface area contributed by atoms with E-state index in [9.17, 15) is 4.79 Å². The molecule has 4 nitrogen and oxygen atoms in total. The number of aliphatic hydroxyl groups excluding tert-OH is 1. The van der Waals surface area contributed by atoms with Crippen LogP contribution in [0, 0.1) is 0 Å². The SMILES string of the molecule is C=C(C)C(=O)OCC(CO)NC.CC. The Morgan fingerprint density at radius 1 is 1.57 bits per heavy atom. The van der Waals surface area contributed by atoms with Crippen LogP contribution in [0.3, 0.4) is 0 Å². The maximum atomic E-state index is 10.8. The van der Waals surface area contributed by atoms with Crippen molar-refractivity contribution in [3.63, 3.8) is 0 Å². The molecule has 0 aromatic rings. The van der Waals surface area contributed by atoms with Gasteiger partial charge in [0.05, 0.1) is 12.6 Å². The lowest BCUT2D eigenvalue weighted by molar-refractivity contribution is -0.139. The molecule has 0 saturated heterocycles. The summed E-state index contributed by atoms with van der Waals surface area (Å²) in [6.45, 7) is 9.12. The first-order chi connectivity index (χ1) is 6.61. The Balaban J connectivity index is 0. The zero-order valence-electron chi connectivity index (χ0n) is 9.46. The molecule has 84 valence electrons. The average Bonchev–Trinajstić information content (AvgIpc) is 2.22. The fraction of sp³-hybridized carbons (Fsp3) is 0.700. The van der Waals surface area contributed by atoms with Gasteiger partial charge >= 0.3 is 5.97 Å². The van der Waals surface area contributed by atoms with Crippen molar-refractivity contribution in [2.45, 2.75) is 26.8 Å². The number of carbonyl (C=O) groups is 1. The molecule has 0 heterocycles. The van der Waals surface area contributed by atoms with Gasteiger partial charge in [-0.1, -0.05) is 20.4 Å². The molecule has 2 N–H and O–H groups in total. The molecular weight excluding hydrogens is 182 g/mol. The second-order valence-electron chi connectivity index (χ2n) is 2.55. The zero-order valence-corrected chi connectivity index (χ0v) is 9.46. The third-order valence-electron chi connectivity index (χ3n) is 1.39. The van der Waals surface area contributed by atoms with Crippen molar-refractivity contribution in [3.8, 4) is 0 Å². The minimum atomic E-state index is -0.427. The third kappa shape index (κ3) is 7.76. The Bertz CT molecular complexity index is 165. The van der Waals surface area contributed by atoms with Crippen molar-refractivity contribution in [1.82, 2.24) is 5.32 Å². The van der Waals surface area contributed by atoms with Crippen LogP contribution in [0.2, 0.25) is 0 Å². The van der Waals surface area contributed by atoms with Gasteiger partial charge in [0.25, 0.3) is 0 Å². The topological polar surface area (TPSA) is 58.6 Å². The van der Waals surface area contributed by atoms with Crippen LogP contribution in [0.15, 0.2) is 12.2 Å². The van der Waals surface area contributed by atoms with Crippen LogP contribution in [0.5, 0.6) is 0 Å². The molecule has 0 aromatic heterocycles. The molecule has 1 unspecified atom stereocenters. The van der Waals surface area contributed by atoms with Crippen LogP contribution in [0.1, 0.15) is 20.8 Å². The minimum Gasteiger partial charge on any atom is -0.461 e. The van der Waals surface area contributed by atoms with Gasteiger partial charge in [-0.05, 0) is 14.0 Å². The minimum absolute atomic E-state index is 0.0556. The number of rotatable bonds is 5. The van der Waals surface area contributed by atoms with E-state index in [1.165, 1.54) is 0 Å². The molecule has 0 bridgehead atoms. The molecular formula is C10H21NO3. The van der Waals surface area contributed by atoms with Gasteiger partial charge in [-0.25, -0.2) is 4.79 Å². The standard InChI is InChI=1S/C8H15NO3.C2H6/c1-6(2)8(11)12-5-7(4-10)9-3;1-2/h7,9-10H,1,4-5H2,2-3H3;1-2H3. The van der Waals surface area contributed by atoms with Gasteiger partial charge < -0.3 is 15.2 Å². The third-order valence-corrected chi connectivity index (χ3v) is 1.39. The quantitative estimate of drug-likeness (QED) is 0.510. The Kier molecular flexibility index (Phi) is 11.4. The average molecular weight is 203 g/mol. The molecule has 0 aliphatic heterocycles. The molecule has 0 fully saturated rings. The highest BCUT2D eigenvalue weighted by Crippen LogP contribution is 1.93. The first-order valence-electron chi connectivity index (χ1n) is 4.72. The number of likely N-dealkylation sites (N-methyl/N-ethyl adjacent to an activating group) is 1. The van der Waals surface area contributed by atoms with E-state index in [4.69, 9.17) is 9.84 Å². The smallest absolute Gasteiger partial charge is 0.333 e. The molecule has 0 aliphatic carbocycles. The molecule has 0 rings (SSSR count). The molecule has 0 spiro atoms. The summed E-state index contributed by atoms with van der Waals surface area (Å²) in [5.41, 5.74) is 0.364. The number of carbonyl (C=O) groups excluding carboxylic acids is 1. The molecule has 0 saturated carbocycles. The highest BCUT2D eigenvalue weighted by molar-refractivity contribution is 5.86. The van der Waals surface area contributed by atoms with Crippen molar-refractivity contribution < 1.29 is 14.6 Å². The highest BCUT2D eigenvalue weighted by atomic mass is 16.5. The van der Waals surface area contributed by atoms with Crippen LogP contribution in [-0.2, 0) is 9.53 Å². The number of hydrogen-bond acceptors (Lipinski definition) is 4. The van der Waals surface area contributed by atoms with Crippen molar-refractivity contribution in [3.05, 3.63) is 12.2 Å². The predicted octanol–water partition coefficient (Wildman–Crippen LogP) is 0.712. The molecule has 1 atom stereocenters. The highest BCUT2D eigenvalue weighted by Gasteiger charge is 2.08. The van der Waals surface area contributed by atoms with E-state index in [1.54, 1.807) is 14.0 Å². The Labute approximate surface area is 86.0 Å². The van der Waals surface area contributed by atoms with Crippen LogP contribution in [0.4, 0.5) is 0 Å². The predicted molar refractivity (Wildman–Crippen MR) is 57.1 cm³/mol. The van der Waals surface area contributed by atoms with Crippen LogP contribution in [0.25, 0.3) is 0 Å². The Morgan fingerprint density at radius 2 is 2.07 bits per heavy atom. The van der Waals surface area contributed by atoms with E-state index in [2.05, 4.69) is 11.9 Å². The van der Waals surface area contributed by atoms with E-state index in [-0.39, 0.29) is 19.3 Å². The summed E-state index contributed by atoms with van der Waals surface area (Å²) in [7, 11) is 1.69. The van der Waals surface area contributed by atoms with E-state index in [0.29, 0.717) is 5.57 Å². The summed E-state index contributed by atoms with van der Waals surface area (Å²) in [5.74, 6) is -0.427. The fourth-order valence-corrected chi connectivity index (χ4v) is 0.527. The van der Waals surface area contributed by atoms with E-state index in [1.807, 2.05) is 13.8 Å². The summed E-state index contributed by atoms with van der Waals surface area (Å²) in [4.78, 5) is 10.8. The monoisotopic (exact) mass is 203 g/mol. The molecule has 14 heavy (non-hydrogen) atoms. The zero-order chi connectivity index (χ0) is 11.6. The maximum Gasteiger partial charge on any atom is 0.333 e. The van der Waals surface area contributed by atoms with Crippen LogP contribution in [-0.4, -0.2) is 37.4 Å². The van der Waals surface area contributed by atoms with Crippen molar-refractivity contribution in [2.24, 2.45) is 0 Å². The van der Waals surface area contributed by atoms with E-state index >= 15 is 0 Å². The maximum absolute atomic E-state index is 10.8. The van der Waals surface area contributed by atoms with Crippen molar-refractivity contribution in [2.75, 3.05) is 20.3 Å². The van der Waals surface area contributed by atoms with Crippen molar-refractivity contribution in [1.29, 1.82) is 0 Å². The van der Waals surface area contributed by atoms with Crippen LogP contribution < -0.4 is 5.32 Å². The van der Waals surface area contributed by atoms with Crippen LogP contribution >= 0.6 is 0 Å². The molecule has 0 aliphatic rings. The van der Waals surface area contributed by atoms with Gasteiger partial charge in [0.15, 0.2) is 0 Å². The lowest BCUT2D eigenvalue weighted by Crippen LogP contribution is -2.34. The number of hydrogen-bond donors (Lipinski definition) is 2. The summed E-state index contributed by atoms with van der Waals surface area (Å²) < 4.78 is 4.79. The lowest BCUT2D eigenvalue weighted by Gasteiger charge is -2.12. The molecule has 0 amide bonds. The normalized spacial score (nSPS) is 10.9. The van der Waals surface area contributed by atoms with Crippen molar-refractivity contribution >= 4 is 5.97 Å². The van der Waals surface area contributed by atoms with Gasteiger partial charge in [-0.15, -0.1) is 0 Å². The van der Waals surface area contributed by atoms with Gasteiger partial charge in [-0.3, -0.25) is 0 Å². The molecule has 0 radical (unpaired) electrons. The Morgan fingerprint density at radius 3 is 2.36 bits per heavy atom. The second kappa shape index (κ2) is 10.2. The fourth-order valence-electron chi connectivity index (χ4n) is 0.527. The molecule has 0 aromatic carbocycles. The number of nitrogens with one attached hydrogen (secondary N) is 1. The van der Waals surface area contributed by atoms with E-state index in [0.717, 1.165) is 0 Å². The first kappa shape index (κ1) is 15.6. The summed E-state index contributed by atoms with van der Waals surface area (Å²) >= 11 is 0. The van der Waals surface area contributed by atoms with Gasteiger partial charge in [0.2, 0.25) is 0 Å². The first-order valence-corrected chi connectivity index (χ1v) is 4.72. The Hall–Kier alpha value is -0.870. The van der Waals surface area contributed by atoms with Gasteiger partial charge in [-0.2, -0.15) is 0 Å². The molecule has 4 heteroatoms. The number of ether oxygens (including phenoxy) is 1. The number of aliphatic hydroxyl groups is 1. The van der Waals surface area contributed by atoms with E-state index < -0.39 is 5.97 Å². The summed E-state index contributed by atoms with van der Waals surface area (Å²) in [5, 5.41) is 11.5. The second-order valence-corrected chi connectivity index (χ2v) is 2.55. The van der Waals surface area contributed by atoms with Gasteiger partial charge in [0.1, 0.15) is 6.61 Å². The van der Waals surface area contributed by atoms with Gasteiger partial charge in [0, 0.05) is 5.57 Å². The lowest BCUT2D eigenvalue weighted by atomic mass is 10.3.